The van der Waals surface area contributed by atoms with E-state index >= 15 is 0 Å². The highest BCUT2D eigenvalue weighted by atomic mass is 16.5. The average Bonchev–Trinajstić information content (AvgIpc) is 2.54. The van der Waals surface area contributed by atoms with Crippen molar-refractivity contribution in [3.05, 3.63) is 22.6 Å². The fraction of sp³-hybridized carbons (Fsp3) is 0.667. The molecule has 0 saturated carbocycles. The van der Waals surface area contributed by atoms with Crippen molar-refractivity contribution in [1.29, 1.82) is 0 Å². The SMILES string of the molecule is CCC(=O)NC1CCN(c2cnn(CCOC)c(=O)c2)CC1. The van der Waals surface area contributed by atoms with Gasteiger partial charge in [-0.15, -0.1) is 0 Å². The standard InChI is InChI=1S/C15H24N4O3/c1-3-14(20)17-12-4-6-18(7-5-12)13-10-15(21)19(16-11-13)8-9-22-2/h10-12H,3-9H2,1-2H3,(H,17,20). The van der Waals surface area contributed by atoms with Gasteiger partial charge in [0.05, 0.1) is 25.0 Å². The molecular formula is C15H24N4O3. The van der Waals surface area contributed by atoms with E-state index in [0.29, 0.717) is 19.6 Å². The molecule has 7 nitrogen and oxygen atoms in total. The second-order valence-electron chi connectivity index (χ2n) is 5.45. The zero-order chi connectivity index (χ0) is 15.9. The van der Waals surface area contributed by atoms with E-state index in [1.165, 1.54) is 4.68 Å². The molecule has 122 valence electrons. The molecular weight excluding hydrogens is 284 g/mol. The monoisotopic (exact) mass is 308 g/mol. The van der Waals surface area contributed by atoms with Crippen molar-refractivity contribution in [1.82, 2.24) is 15.1 Å². The first kappa shape index (κ1) is 16.5. The number of nitrogens with zero attached hydrogens (tertiary/aromatic N) is 3. The third-order valence-electron chi connectivity index (χ3n) is 3.91. The van der Waals surface area contributed by atoms with Gasteiger partial charge in [-0.2, -0.15) is 5.10 Å². The summed E-state index contributed by atoms with van der Waals surface area (Å²) < 4.78 is 6.36. The van der Waals surface area contributed by atoms with Crippen molar-refractivity contribution >= 4 is 11.6 Å². The first-order chi connectivity index (χ1) is 10.6. The van der Waals surface area contributed by atoms with Gasteiger partial charge in [-0.05, 0) is 12.8 Å². The van der Waals surface area contributed by atoms with Gasteiger partial charge >= 0.3 is 0 Å². The second-order valence-corrected chi connectivity index (χ2v) is 5.45. The smallest absolute Gasteiger partial charge is 0.268 e. The molecule has 0 radical (unpaired) electrons. The van der Waals surface area contributed by atoms with E-state index < -0.39 is 0 Å². The summed E-state index contributed by atoms with van der Waals surface area (Å²) in [5.41, 5.74) is 0.731. The minimum absolute atomic E-state index is 0.0980. The van der Waals surface area contributed by atoms with Crippen LogP contribution in [0.25, 0.3) is 0 Å². The van der Waals surface area contributed by atoms with E-state index in [4.69, 9.17) is 4.74 Å². The summed E-state index contributed by atoms with van der Waals surface area (Å²) >= 11 is 0. The van der Waals surface area contributed by atoms with E-state index in [1.807, 2.05) is 6.92 Å². The minimum atomic E-state index is -0.115. The number of hydrogen-bond acceptors (Lipinski definition) is 5. The van der Waals surface area contributed by atoms with Gasteiger partial charge in [0.1, 0.15) is 0 Å². The molecule has 0 aliphatic carbocycles. The van der Waals surface area contributed by atoms with Crippen LogP contribution in [0.1, 0.15) is 26.2 Å². The highest BCUT2D eigenvalue weighted by Crippen LogP contribution is 2.17. The van der Waals surface area contributed by atoms with Crippen molar-refractivity contribution in [2.45, 2.75) is 38.8 Å². The molecule has 0 bridgehead atoms. The molecule has 0 atom stereocenters. The van der Waals surface area contributed by atoms with Crippen LogP contribution in [0.15, 0.2) is 17.1 Å². The summed E-state index contributed by atoms with van der Waals surface area (Å²) in [6.45, 7) is 4.42. The second kappa shape index (κ2) is 7.93. The summed E-state index contributed by atoms with van der Waals surface area (Å²) in [5, 5.41) is 7.21. The van der Waals surface area contributed by atoms with Crippen molar-refractivity contribution in [3.8, 4) is 0 Å². The molecule has 2 rings (SSSR count). The largest absolute Gasteiger partial charge is 0.383 e. The van der Waals surface area contributed by atoms with Gasteiger partial charge in [0.2, 0.25) is 5.91 Å². The van der Waals surface area contributed by atoms with Gasteiger partial charge in [0.25, 0.3) is 5.56 Å². The molecule has 0 aromatic carbocycles. The molecule has 0 unspecified atom stereocenters. The Morgan fingerprint density at radius 3 is 2.77 bits per heavy atom. The number of aromatic nitrogens is 2. The molecule has 2 heterocycles. The minimum Gasteiger partial charge on any atom is -0.383 e. The number of amides is 1. The predicted molar refractivity (Wildman–Crippen MR) is 84.0 cm³/mol. The Labute approximate surface area is 130 Å². The third kappa shape index (κ3) is 4.30. The Morgan fingerprint density at radius 1 is 1.45 bits per heavy atom. The number of hydrogen-bond donors (Lipinski definition) is 1. The molecule has 1 fully saturated rings. The van der Waals surface area contributed by atoms with Crippen LogP contribution < -0.4 is 15.8 Å². The lowest BCUT2D eigenvalue weighted by molar-refractivity contribution is -0.121. The Bertz CT molecular complexity index is 550. The van der Waals surface area contributed by atoms with Crippen LogP contribution in [0.4, 0.5) is 5.69 Å². The van der Waals surface area contributed by atoms with Gasteiger partial charge in [-0.25, -0.2) is 4.68 Å². The number of methoxy groups -OCH3 is 1. The maximum atomic E-state index is 12.0. The van der Waals surface area contributed by atoms with Crippen molar-refractivity contribution in [2.24, 2.45) is 0 Å². The molecule has 1 aromatic heterocycles. The van der Waals surface area contributed by atoms with E-state index in [1.54, 1.807) is 19.4 Å². The summed E-state index contributed by atoms with van der Waals surface area (Å²) in [6.07, 6.45) is 4.02. The number of rotatable bonds is 6. The van der Waals surface area contributed by atoms with E-state index in [-0.39, 0.29) is 17.5 Å². The Morgan fingerprint density at radius 2 is 2.18 bits per heavy atom. The first-order valence-corrected chi connectivity index (χ1v) is 7.74. The van der Waals surface area contributed by atoms with Gasteiger partial charge in [-0.1, -0.05) is 6.92 Å². The molecule has 1 amide bonds. The van der Waals surface area contributed by atoms with Gasteiger partial charge in [0, 0.05) is 38.7 Å². The number of carbonyl (C=O) groups is 1. The fourth-order valence-electron chi connectivity index (χ4n) is 2.55. The fourth-order valence-corrected chi connectivity index (χ4v) is 2.55. The lowest BCUT2D eigenvalue weighted by Gasteiger charge is -2.33. The lowest BCUT2D eigenvalue weighted by Crippen LogP contribution is -2.45. The number of nitrogens with one attached hydrogen (secondary N) is 1. The summed E-state index contributed by atoms with van der Waals surface area (Å²) in [4.78, 5) is 25.6. The summed E-state index contributed by atoms with van der Waals surface area (Å²) in [7, 11) is 1.60. The van der Waals surface area contributed by atoms with Gasteiger partial charge in [-0.3, -0.25) is 9.59 Å². The quantitative estimate of drug-likeness (QED) is 0.822. The van der Waals surface area contributed by atoms with Crippen LogP contribution in [0.5, 0.6) is 0 Å². The van der Waals surface area contributed by atoms with Crippen molar-refractivity contribution in [3.63, 3.8) is 0 Å². The number of piperidine rings is 1. The highest BCUT2D eigenvalue weighted by molar-refractivity contribution is 5.75. The van der Waals surface area contributed by atoms with Crippen LogP contribution >= 0.6 is 0 Å². The maximum Gasteiger partial charge on any atom is 0.268 e. The summed E-state index contributed by atoms with van der Waals surface area (Å²) in [6, 6.07) is 1.85. The van der Waals surface area contributed by atoms with E-state index in [0.717, 1.165) is 31.6 Å². The molecule has 22 heavy (non-hydrogen) atoms. The summed E-state index contributed by atoms with van der Waals surface area (Å²) in [5.74, 6) is 0.0980. The number of anilines is 1. The zero-order valence-electron chi connectivity index (χ0n) is 13.2. The Kier molecular flexibility index (Phi) is 5.94. The highest BCUT2D eigenvalue weighted by Gasteiger charge is 2.21. The van der Waals surface area contributed by atoms with Gasteiger partial charge < -0.3 is 15.0 Å². The average molecular weight is 308 g/mol. The van der Waals surface area contributed by atoms with Crippen molar-refractivity contribution < 1.29 is 9.53 Å². The number of ether oxygens (including phenoxy) is 1. The lowest BCUT2D eigenvalue weighted by atomic mass is 10.0. The van der Waals surface area contributed by atoms with Crippen LogP contribution in [-0.2, 0) is 16.1 Å². The topological polar surface area (TPSA) is 76.5 Å². The molecule has 1 saturated heterocycles. The van der Waals surface area contributed by atoms with Crippen LogP contribution in [0, 0.1) is 0 Å². The molecule has 1 aliphatic heterocycles. The van der Waals surface area contributed by atoms with Crippen LogP contribution in [-0.4, -0.2) is 48.5 Å². The van der Waals surface area contributed by atoms with Crippen molar-refractivity contribution in [2.75, 3.05) is 31.7 Å². The van der Waals surface area contributed by atoms with E-state index in [2.05, 4.69) is 15.3 Å². The number of carbonyl (C=O) groups excluding carboxylic acids is 1. The Balaban J connectivity index is 1.92. The molecule has 1 N–H and O–H groups in total. The molecule has 1 aromatic rings. The third-order valence-corrected chi connectivity index (χ3v) is 3.91. The van der Waals surface area contributed by atoms with Crippen LogP contribution in [0.3, 0.4) is 0 Å². The Hall–Kier alpha value is -1.89. The molecule has 7 heteroatoms. The normalized spacial score (nSPS) is 15.8. The van der Waals surface area contributed by atoms with Crippen LogP contribution in [0.2, 0.25) is 0 Å². The predicted octanol–water partition coefficient (Wildman–Crippen LogP) is 0.385. The van der Waals surface area contributed by atoms with E-state index in [9.17, 15) is 9.59 Å². The first-order valence-electron chi connectivity index (χ1n) is 7.74. The zero-order valence-corrected chi connectivity index (χ0v) is 13.2. The van der Waals surface area contributed by atoms with Gasteiger partial charge in [0.15, 0.2) is 0 Å². The molecule has 0 spiro atoms. The molecule has 1 aliphatic rings. The maximum absolute atomic E-state index is 12.0.